The van der Waals surface area contributed by atoms with Gasteiger partial charge in [0.15, 0.2) is 5.54 Å². The minimum atomic E-state index is -1.41. The summed E-state index contributed by atoms with van der Waals surface area (Å²) in [4.78, 5) is 71.0. The zero-order valence-corrected chi connectivity index (χ0v) is 29.2. The fraction of sp³-hybridized carbons (Fsp3) is 0.625. The van der Waals surface area contributed by atoms with E-state index in [1.807, 2.05) is 13.8 Å². The van der Waals surface area contributed by atoms with Crippen molar-refractivity contribution >= 4 is 51.4 Å². The molecule has 0 aromatic heterocycles. The number of nitrogens with zero attached hydrogens (tertiary/aromatic N) is 1. The quantitative estimate of drug-likeness (QED) is 0.215. The third-order valence-electron chi connectivity index (χ3n) is 9.13. The van der Waals surface area contributed by atoms with E-state index >= 15 is 0 Å². The number of hydrogen-bond donors (Lipinski definition) is 4. The smallest absolute Gasteiger partial charge is 0.340 e. The van der Waals surface area contributed by atoms with Crippen LogP contribution in [-0.4, -0.2) is 63.2 Å². The lowest BCUT2D eigenvalue weighted by Gasteiger charge is -2.39. The average molecular weight is 679 g/mol. The van der Waals surface area contributed by atoms with Gasteiger partial charge in [-0.1, -0.05) is 50.5 Å². The Kier molecular flexibility index (Phi) is 11.6. The van der Waals surface area contributed by atoms with Crippen LogP contribution < -0.4 is 21.3 Å². The lowest BCUT2D eigenvalue weighted by molar-refractivity contribution is -0.140. The Morgan fingerprint density at radius 2 is 1.18 bits per heavy atom. The molecule has 0 radical (unpaired) electrons. The summed E-state index contributed by atoms with van der Waals surface area (Å²) in [5.41, 5.74) is -5.84. The molecule has 5 atom stereocenters. The molecule has 1 aromatic rings. The van der Waals surface area contributed by atoms with Crippen LogP contribution in [0, 0.1) is 0 Å². The van der Waals surface area contributed by atoms with Crippen molar-refractivity contribution in [3.63, 3.8) is 0 Å². The van der Waals surface area contributed by atoms with E-state index in [-0.39, 0.29) is 25.2 Å². The van der Waals surface area contributed by atoms with Crippen LogP contribution in [0.1, 0.15) is 112 Å². The van der Waals surface area contributed by atoms with E-state index in [0.717, 1.165) is 4.47 Å². The van der Waals surface area contributed by atoms with Crippen molar-refractivity contribution in [2.75, 3.05) is 0 Å². The number of amides is 4. The first kappa shape index (κ1) is 36.9. The van der Waals surface area contributed by atoms with Crippen LogP contribution >= 0.6 is 15.9 Å². The second-order valence-electron chi connectivity index (χ2n) is 12.5. The molecule has 11 nitrogen and oxygen atoms in total. The van der Waals surface area contributed by atoms with E-state index in [2.05, 4.69) is 42.2 Å². The summed E-state index contributed by atoms with van der Waals surface area (Å²) >= 11 is 3.34. The van der Waals surface area contributed by atoms with E-state index in [1.54, 1.807) is 79.7 Å². The van der Waals surface area contributed by atoms with Crippen molar-refractivity contribution in [1.82, 2.24) is 21.3 Å². The number of carbonyl (C=O) groups excluding carboxylic acids is 5. The molecule has 4 N–H and O–H groups in total. The van der Waals surface area contributed by atoms with Gasteiger partial charge in [0.1, 0.15) is 22.2 Å². The topological polar surface area (TPSA) is 155 Å². The van der Waals surface area contributed by atoms with Crippen molar-refractivity contribution < 1.29 is 28.7 Å². The zero-order valence-electron chi connectivity index (χ0n) is 27.6. The molecule has 1 aromatic carbocycles. The van der Waals surface area contributed by atoms with Crippen molar-refractivity contribution in [1.29, 1.82) is 0 Å². The maximum Gasteiger partial charge on any atom is 0.340 e. The van der Waals surface area contributed by atoms with Gasteiger partial charge in [0.2, 0.25) is 23.6 Å². The second kappa shape index (κ2) is 13.8. The Morgan fingerprint density at radius 1 is 0.750 bits per heavy atom. The number of hydrogen-bond acceptors (Lipinski definition) is 7. The number of esters is 1. The summed E-state index contributed by atoms with van der Waals surface area (Å²) < 4.78 is 6.32. The normalized spacial score (nSPS) is 21.7. The van der Waals surface area contributed by atoms with Crippen LogP contribution in [-0.2, 0) is 23.9 Å². The summed E-state index contributed by atoms with van der Waals surface area (Å²) in [6.07, 6.45) is 1.52. The Hall–Kier alpha value is -3.28. The molecular formula is C32H48BrN5O6. The van der Waals surface area contributed by atoms with Gasteiger partial charge in [-0.25, -0.2) is 9.79 Å². The van der Waals surface area contributed by atoms with Crippen LogP contribution in [0.5, 0.6) is 0 Å². The van der Waals surface area contributed by atoms with Crippen molar-refractivity contribution in [2.24, 2.45) is 4.99 Å². The first-order valence-corrected chi connectivity index (χ1v) is 16.0. The van der Waals surface area contributed by atoms with Crippen molar-refractivity contribution in [2.45, 2.75) is 129 Å². The average Bonchev–Trinajstić information content (AvgIpc) is 3.31. The monoisotopic (exact) mass is 677 g/mol. The molecule has 244 valence electrons. The third kappa shape index (κ3) is 7.68. The number of halogens is 1. The number of ether oxygens (including phenoxy) is 1. The summed E-state index contributed by atoms with van der Waals surface area (Å²) in [6.45, 7) is 17.1. The molecule has 0 saturated carbocycles. The van der Waals surface area contributed by atoms with Gasteiger partial charge >= 0.3 is 5.97 Å². The van der Waals surface area contributed by atoms with Gasteiger partial charge in [-0.2, -0.15) is 0 Å². The molecule has 2 rings (SSSR count). The van der Waals surface area contributed by atoms with Gasteiger partial charge in [-0.3, -0.25) is 19.2 Å². The van der Waals surface area contributed by atoms with Gasteiger partial charge in [-0.15, -0.1) is 0 Å². The molecule has 1 aliphatic heterocycles. The Labute approximate surface area is 269 Å². The zero-order chi connectivity index (χ0) is 33.7. The van der Waals surface area contributed by atoms with Crippen molar-refractivity contribution in [3.05, 3.63) is 34.3 Å². The predicted molar refractivity (Wildman–Crippen MR) is 173 cm³/mol. The highest BCUT2D eigenvalue weighted by Crippen LogP contribution is 2.29. The van der Waals surface area contributed by atoms with E-state index in [9.17, 15) is 24.0 Å². The highest BCUT2D eigenvalue weighted by molar-refractivity contribution is 9.10. The molecule has 0 fully saturated rings. The largest absolute Gasteiger partial charge is 0.407 e. The van der Waals surface area contributed by atoms with E-state index in [1.165, 1.54) is 0 Å². The van der Waals surface area contributed by atoms with Gasteiger partial charge in [0.05, 0.1) is 0 Å². The SMILES string of the molecule is CC[C@@]1(C)N=C([C@](C)(CC)NC(=O)[C@@](C)(CC)NC(=O)[C@](C)(CC)NC(=O)[C@@](C)(CC)NC(=O)c2ccc(Br)cc2)OC1=O. The third-order valence-corrected chi connectivity index (χ3v) is 9.66. The number of cyclic esters (lactones) is 1. The predicted octanol–water partition coefficient (Wildman–Crippen LogP) is 4.33. The number of benzene rings is 1. The van der Waals surface area contributed by atoms with E-state index < -0.39 is 57.3 Å². The summed E-state index contributed by atoms with van der Waals surface area (Å²) in [5, 5.41) is 11.4. The number of rotatable bonds is 14. The molecule has 44 heavy (non-hydrogen) atoms. The molecule has 0 unspecified atom stereocenters. The fourth-order valence-electron chi connectivity index (χ4n) is 4.25. The number of nitrogens with one attached hydrogen (secondary N) is 4. The first-order chi connectivity index (χ1) is 20.3. The molecule has 4 amide bonds. The van der Waals surface area contributed by atoms with Crippen molar-refractivity contribution in [3.8, 4) is 0 Å². The van der Waals surface area contributed by atoms with Crippen LogP contribution in [0.4, 0.5) is 0 Å². The van der Waals surface area contributed by atoms with Crippen LogP contribution in [0.2, 0.25) is 0 Å². The first-order valence-electron chi connectivity index (χ1n) is 15.2. The minimum Gasteiger partial charge on any atom is -0.407 e. The fourth-order valence-corrected chi connectivity index (χ4v) is 4.51. The van der Waals surface area contributed by atoms with Crippen LogP contribution in [0.25, 0.3) is 0 Å². The summed E-state index contributed by atoms with van der Waals surface area (Å²) in [5.74, 6) is -2.37. The Bertz CT molecular complexity index is 1320. The molecule has 0 bridgehead atoms. The highest BCUT2D eigenvalue weighted by atomic mass is 79.9. The lowest BCUT2D eigenvalue weighted by atomic mass is 9.89. The van der Waals surface area contributed by atoms with Gasteiger partial charge in [0, 0.05) is 10.0 Å². The number of aliphatic imine (C=N–C) groups is 1. The molecule has 1 heterocycles. The summed E-state index contributed by atoms with van der Waals surface area (Å²) in [7, 11) is 0. The molecule has 1 aliphatic rings. The maximum absolute atomic E-state index is 13.8. The van der Waals surface area contributed by atoms with Gasteiger partial charge < -0.3 is 26.0 Å². The minimum absolute atomic E-state index is 0.127. The molecular weight excluding hydrogens is 630 g/mol. The van der Waals surface area contributed by atoms with Crippen LogP contribution in [0.3, 0.4) is 0 Å². The Balaban J connectivity index is 2.25. The molecule has 0 spiro atoms. The van der Waals surface area contributed by atoms with Crippen LogP contribution in [0.15, 0.2) is 33.7 Å². The molecule has 12 heteroatoms. The Morgan fingerprint density at radius 3 is 1.57 bits per heavy atom. The second-order valence-corrected chi connectivity index (χ2v) is 13.4. The van der Waals surface area contributed by atoms with E-state index in [4.69, 9.17) is 4.74 Å². The number of carbonyl (C=O) groups is 5. The summed E-state index contributed by atoms with van der Waals surface area (Å²) in [6, 6.07) is 6.75. The van der Waals surface area contributed by atoms with E-state index in [0.29, 0.717) is 18.4 Å². The lowest BCUT2D eigenvalue weighted by Crippen LogP contribution is -2.69. The van der Waals surface area contributed by atoms with Gasteiger partial charge in [-0.05, 0) is 91.0 Å². The maximum atomic E-state index is 13.8. The standard InChI is InChI=1S/C32H48BrN5O6/c1-11-28(6,34-22(39)20-16-18-21(33)19-17-20)23(40)35-29(7,12-2)24(41)36-30(8,13-3)25(42)37-31(9,14-4)26-38-32(10,15-5)27(43)44-26/h16-19H,11-15H2,1-10H3,(H,34,39)(H,35,40)(H,36,41)(H,37,42)/t28-,29+,30-,31+,32-/m1/s1. The highest BCUT2D eigenvalue weighted by Gasteiger charge is 2.49. The molecule has 0 saturated heterocycles. The van der Waals surface area contributed by atoms with Gasteiger partial charge in [0.25, 0.3) is 5.91 Å². The molecule has 0 aliphatic carbocycles.